The van der Waals surface area contributed by atoms with E-state index >= 15 is 0 Å². The Kier molecular flexibility index (Phi) is 7.67. The van der Waals surface area contributed by atoms with Gasteiger partial charge in [-0.2, -0.15) is 4.99 Å². The van der Waals surface area contributed by atoms with E-state index in [-0.39, 0.29) is 17.0 Å². The first kappa shape index (κ1) is 20.8. The van der Waals surface area contributed by atoms with Gasteiger partial charge in [-0.1, -0.05) is 13.0 Å². The van der Waals surface area contributed by atoms with Gasteiger partial charge in [-0.3, -0.25) is 9.59 Å². The van der Waals surface area contributed by atoms with Gasteiger partial charge in [0.2, 0.25) is 5.91 Å². The molecule has 0 radical (unpaired) electrons. The molecule has 1 aliphatic heterocycles. The van der Waals surface area contributed by atoms with Crippen molar-refractivity contribution in [1.82, 2.24) is 5.32 Å². The van der Waals surface area contributed by atoms with Gasteiger partial charge in [0.25, 0.3) is 5.91 Å². The predicted molar refractivity (Wildman–Crippen MR) is 109 cm³/mol. The van der Waals surface area contributed by atoms with Crippen LogP contribution >= 0.6 is 11.8 Å². The Hall–Kier alpha value is -2.54. The molecule has 1 aromatic rings. The van der Waals surface area contributed by atoms with E-state index in [4.69, 9.17) is 9.47 Å². The van der Waals surface area contributed by atoms with E-state index in [0.29, 0.717) is 36.0 Å². The number of rotatable bonds is 8. The molecular formula is C20H24N2O4S. The second-order valence-corrected chi connectivity index (χ2v) is 6.83. The second-order valence-electron chi connectivity index (χ2n) is 5.80. The number of amidine groups is 1. The van der Waals surface area contributed by atoms with Gasteiger partial charge in [0.1, 0.15) is 0 Å². The van der Waals surface area contributed by atoms with Crippen LogP contribution in [0.2, 0.25) is 0 Å². The quantitative estimate of drug-likeness (QED) is 0.543. The average Bonchev–Trinajstić information content (AvgIpc) is 2.93. The summed E-state index contributed by atoms with van der Waals surface area (Å²) in [5, 5.41) is 2.83. The first-order valence-corrected chi connectivity index (χ1v) is 9.63. The van der Waals surface area contributed by atoms with Gasteiger partial charge in [-0.25, -0.2) is 0 Å². The number of ether oxygens (including phenoxy) is 2. The van der Waals surface area contributed by atoms with Gasteiger partial charge in [0.05, 0.1) is 18.1 Å². The Morgan fingerprint density at radius 1 is 1.33 bits per heavy atom. The van der Waals surface area contributed by atoms with Crippen molar-refractivity contribution < 1.29 is 19.1 Å². The number of carbonyl (C=O) groups is 2. The number of thioether (sulfide) groups is 1. The number of benzene rings is 1. The van der Waals surface area contributed by atoms with Crippen molar-refractivity contribution in [3.63, 3.8) is 0 Å². The molecule has 0 spiro atoms. The molecule has 2 amide bonds. The van der Waals surface area contributed by atoms with Crippen molar-refractivity contribution in [1.29, 1.82) is 0 Å². The summed E-state index contributed by atoms with van der Waals surface area (Å²) in [7, 11) is 0. The van der Waals surface area contributed by atoms with Crippen LogP contribution in [-0.2, 0) is 16.0 Å². The first-order valence-electron chi connectivity index (χ1n) is 8.82. The Morgan fingerprint density at radius 2 is 2.11 bits per heavy atom. The van der Waals surface area contributed by atoms with Crippen LogP contribution in [-0.4, -0.2) is 30.2 Å². The van der Waals surface area contributed by atoms with Crippen molar-refractivity contribution in [2.75, 3.05) is 13.2 Å². The summed E-state index contributed by atoms with van der Waals surface area (Å²) in [6, 6.07) is 3.80. The molecule has 0 fully saturated rings. The van der Waals surface area contributed by atoms with Crippen LogP contribution in [0.3, 0.4) is 0 Å². The highest BCUT2D eigenvalue weighted by Crippen LogP contribution is 2.36. The van der Waals surface area contributed by atoms with Crippen molar-refractivity contribution >= 4 is 34.8 Å². The molecule has 2 rings (SSSR count). The highest BCUT2D eigenvalue weighted by molar-refractivity contribution is 8.18. The fourth-order valence-electron chi connectivity index (χ4n) is 2.47. The van der Waals surface area contributed by atoms with Crippen LogP contribution in [0.25, 0.3) is 6.08 Å². The molecule has 1 N–H and O–H groups in total. The average molecular weight is 388 g/mol. The predicted octanol–water partition coefficient (Wildman–Crippen LogP) is 3.71. The Morgan fingerprint density at radius 3 is 2.74 bits per heavy atom. The molecule has 0 atom stereocenters. The number of allylic oxidation sites excluding steroid dienone is 1. The highest BCUT2D eigenvalue weighted by Gasteiger charge is 2.23. The van der Waals surface area contributed by atoms with Crippen molar-refractivity contribution in [2.45, 2.75) is 33.6 Å². The Bertz CT molecular complexity index is 799. The van der Waals surface area contributed by atoms with Crippen LogP contribution in [0.5, 0.6) is 11.5 Å². The molecule has 7 heteroatoms. The normalized spacial score (nSPS) is 14.9. The van der Waals surface area contributed by atoms with E-state index in [1.54, 1.807) is 12.2 Å². The van der Waals surface area contributed by atoms with E-state index in [2.05, 4.69) is 16.9 Å². The van der Waals surface area contributed by atoms with Gasteiger partial charge >= 0.3 is 0 Å². The molecule has 0 aliphatic carbocycles. The molecule has 1 heterocycles. The van der Waals surface area contributed by atoms with Crippen LogP contribution in [0.4, 0.5) is 0 Å². The summed E-state index contributed by atoms with van der Waals surface area (Å²) in [4.78, 5) is 27.5. The maximum absolute atomic E-state index is 12.1. The topological polar surface area (TPSA) is 77.0 Å². The molecule has 6 nitrogen and oxygen atoms in total. The molecule has 0 saturated heterocycles. The molecule has 144 valence electrons. The lowest BCUT2D eigenvalue weighted by Gasteiger charge is -2.16. The SMILES string of the molecule is C=CCc1cc(/C=C2/SC(NC(C)=O)=NC2=O)cc(OCC)c1OCCC. The lowest BCUT2D eigenvalue weighted by Crippen LogP contribution is -2.23. The number of hydrogen-bond donors (Lipinski definition) is 1. The minimum absolute atomic E-state index is 0.264. The third-order valence-electron chi connectivity index (χ3n) is 3.47. The van der Waals surface area contributed by atoms with Gasteiger partial charge in [0, 0.05) is 12.5 Å². The standard InChI is InChI=1S/C20H24N2O4S/c1-5-8-15-10-14(11-16(25-7-3)18(15)26-9-6-2)12-17-19(24)22-20(27-17)21-13(4)23/h5,10-12H,1,6-9H2,2-4H3,(H,21,22,23,24)/b17-12+. The molecule has 0 unspecified atom stereocenters. The van der Waals surface area contributed by atoms with Gasteiger partial charge < -0.3 is 14.8 Å². The molecule has 27 heavy (non-hydrogen) atoms. The van der Waals surface area contributed by atoms with E-state index in [9.17, 15) is 9.59 Å². The second kappa shape index (κ2) is 9.97. The minimum atomic E-state index is -0.377. The van der Waals surface area contributed by atoms with Crippen molar-refractivity contribution in [3.8, 4) is 11.5 Å². The number of carbonyl (C=O) groups excluding carboxylic acids is 2. The van der Waals surface area contributed by atoms with Crippen molar-refractivity contribution in [2.24, 2.45) is 4.99 Å². The van der Waals surface area contributed by atoms with E-state index < -0.39 is 0 Å². The third-order valence-corrected chi connectivity index (χ3v) is 4.37. The summed E-state index contributed by atoms with van der Waals surface area (Å²) in [5.41, 5.74) is 1.74. The Labute approximate surface area is 163 Å². The van der Waals surface area contributed by atoms with Gasteiger partial charge in [-0.05, 0) is 55.3 Å². The largest absolute Gasteiger partial charge is 0.490 e. The van der Waals surface area contributed by atoms with Gasteiger partial charge in [-0.15, -0.1) is 6.58 Å². The van der Waals surface area contributed by atoms with Gasteiger partial charge in [0.15, 0.2) is 16.7 Å². The lowest BCUT2D eigenvalue weighted by atomic mass is 10.0. The molecule has 1 aliphatic rings. The number of hydrogen-bond acceptors (Lipinski definition) is 5. The van der Waals surface area contributed by atoms with Crippen LogP contribution in [0.1, 0.15) is 38.3 Å². The number of nitrogens with one attached hydrogen (secondary N) is 1. The number of nitrogens with zero attached hydrogens (tertiary/aromatic N) is 1. The third kappa shape index (κ3) is 5.72. The van der Waals surface area contributed by atoms with E-state index in [1.807, 2.05) is 26.0 Å². The fraction of sp³-hybridized carbons (Fsp3) is 0.350. The monoisotopic (exact) mass is 388 g/mol. The lowest BCUT2D eigenvalue weighted by molar-refractivity contribution is -0.117. The Balaban J connectivity index is 2.38. The fourth-order valence-corrected chi connectivity index (χ4v) is 3.33. The number of aliphatic imine (C=N–C) groups is 1. The zero-order valence-electron chi connectivity index (χ0n) is 15.8. The summed E-state index contributed by atoms with van der Waals surface area (Å²) < 4.78 is 11.7. The summed E-state index contributed by atoms with van der Waals surface area (Å²) in [6.45, 7) is 10.2. The van der Waals surface area contributed by atoms with E-state index in [1.165, 1.54) is 6.92 Å². The summed E-state index contributed by atoms with van der Waals surface area (Å²) in [5.74, 6) is 0.704. The smallest absolute Gasteiger partial charge is 0.286 e. The van der Waals surface area contributed by atoms with Crippen molar-refractivity contribution in [3.05, 3.63) is 40.8 Å². The summed E-state index contributed by atoms with van der Waals surface area (Å²) >= 11 is 1.14. The zero-order valence-corrected chi connectivity index (χ0v) is 16.6. The highest BCUT2D eigenvalue weighted by atomic mass is 32.2. The molecule has 0 aromatic heterocycles. The molecule has 1 aromatic carbocycles. The van der Waals surface area contributed by atoms with Crippen LogP contribution in [0.15, 0.2) is 34.7 Å². The maximum atomic E-state index is 12.1. The van der Waals surface area contributed by atoms with Crippen LogP contribution < -0.4 is 14.8 Å². The van der Waals surface area contributed by atoms with E-state index in [0.717, 1.165) is 29.3 Å². The number of amides is 2. The summed E-state index contributed by atoms with van der Waals surface area (Å²) in [6.07, 6.45) is 5.04. The van der Waals surface area contributed by atoms with Crippen LogP contribution in [0, 0.1) is 0 Å². The minimum Gasteiger partial charge on any atom is -0.490 e. The first-order chi connectivity index (χ1) is 13.0. The maximum Gasteiger partial charge on any atom is 0.286 e. The zero-order chi connectivity index (χ0) is 19.8. The molecule has 0 saturated carbocycles. The molecule has 0 bridgehead atoms. The molecular weight excluding hydrogens is 364 g/mol.